The second-order valence-corrected chi connectivity index (χ2v) is 4.45. The lowest BCUT2D eigenvalue weighted by Crippen LogP contribution is -2.38. The monoisotopic (exact) mass is 225 g/mol. The van der Waals surface area contributed by atoms with Crippen molar-refractivity contribution in [1.29, 1.82) is 0 Å². The summed E-state index contributed by atoms with van der Waals surface area (Å²) in [4.78, 5) is 15.8. The number of esters is 1. The summed E-state index contributed by atoms with van der Waals surface area (Å²) in [6.07, 6.45) is 7.39. The van der Waals surface area contributed by atoms with Crippen LogP contribution in [-0.4, -0.2) is 31.1 Å². The highest BCUT2D eigenvalue weighted by Crippen LogP contribution is 2.32. The minimum atomic E-state index is -0.428. The van der Waals surface area contributed by atoms with Crippen LogP contribution in [0.25, 0.3) is 0 Å². The van der Waals surface area contributed by atoms with Gasteiger partial charge in [0, 0.05) is 0 Å². The van der Waals surface area contributed by atoms with Crippen LogP contribution in [0.2, 0.25) is 0 Å². The Labute approximate surface area is 96.0 Å². The van der Waals surface area contributed by atoms with Gasteiger partial charge in [-0.15, -0.1) is 0 Å². The lowest BCUT2D eigenvalue weighted by molar-refractivity contribution is -0.147. The molecule has 0 saturated heterocycles. The predicted octanol–water partition coefficient (Wildman–Crippen LogP) is 1.93. The molecule has 2 rings (SSSR count). The van der Waals surface area contributed by atoms with Gasteiger partial charge >= 0.3 is 5.97 Å². The molecule has 1 saturated carbocycles. The first-order chi connectivity index (χ1) is 7.83. The van der Waals surface area contributed by atoms with E-state index < -0.39 is 6.04 Å². The number of hydrogen-bond acceptors (Lipinski definition) is 4. The molecule has 0 spiro atoms. The summed E-state index contributed by atoms with van der Waals surface area (Å²) in [7, 11) is 0. The Kier molecular flexibility index (Phi) is 3.80. The van der Waals surface area contributed by atoms with Gasteiger partial charge in [-0.2, -0.15) is 0 Å². The molecular weight excluding hydrogens is 206 g/mol. The summed E-state index contributed by atoms with van der Waals surface area (Å²) in [6, 6.07) is -0.428. The molecule has 16 heavy (non-hydrogen) atoms. The highest BCUT2D eigenvalue weighted by Gasteiger charge is 2.39. The summed E-state index contributed by atoms with van der Waals surface area (Å²) < 4.78 is 10.5. The third-order valence-corrected chi connectivity index (χ3v) is 3.39. The first-order valence-electron chi connectivity index (χ1n) is 6.16. The van der Waals surface area contributed by atoms with Crippen molar-refractivity contribution < 1.29 is 14.3 Å². The van der Waals surface area contributed by atoms with Gasteiger partial charge in [-0.25, -0.2) is 9.79 Å². The number of hydrogen-bond donors (Lipinski definition) is 0. The van der Waals surface area contributed by atoms with Crippen LogP contribution in [0.15, 0.2) is 4.99 Å². The van der Waals surface area contributed by atoms with E-state index in [0.29, 0.717) is 12.5 Å². The van der Waals surface area contributed by atoms with Crippen molar-refractivity contribution in [1.82, 2.24) is 0 Å². The van der Waals surface area contributed by atoms with Crippen LogP contribution in [-0.2, 0) is 14.3 Å². The van der Waals surface area contributed by atoms with Gasteiger partial charge in [-0.3, -0.25) is 0 Å². The Hall–Kier alpha value is -1.06. The molecule has 1 aliphatic carbocycles. The van der Waals surface area contributed by atoms with Crippen LogP contribution < -0.4 is 0 Å². The number of aliphatic imine (C=N–C) groups is 1. The van der Waals surface area contributed by atoms with Crippen LogP contribution in [0.5, 0.6) is 0 Å². The molecule has 0 aromatic heterocycles. The van der Waals surface area contributed by atoms with Crippen LogP contribution in [0.3, 0.4) is 0 Å². The number of rotatable bonds is 3. The first kappa shape index (κ1) is 11.4. The Morgan fingerprint density at radius 2 is 2.19 bits per heavy atom. The van der Waals surface area contributed by atoms with Crippen molar-refractivity contribution in [2.45, 2.75) is 51.2 Å². The molecule has 0 radical (unpaired) electrons. The highest BCUT2D eigenvalue weighted by molar-refractivity contribution is 5.79. The highest BCUT2D eigenvalue weighted by atomic mass is 16.5. The zero-order valence-corrected chi connectivity index (χ0v) is 9.72. The van der Waals surface area contributed by atoms with Gasteiger partial charge in [-0.05, 0) is 25.7 Å². The van der Waals surface area contributed by atoms with E-state index in [4.69, 9.17) is 9.47 Å². The molecule has 1 heterocycles. The topological polar surface area (TPSA) is 47.9 Å². The molecular formula is C12H19NO3. The van der Waals surface area contributed by atoms with Crippen LogP contribution in [0.4, 0.5) is 0 Å². The van der Waals surface area contributed by atoms with Crippen molar-refractivity contribution in [2.75, 3.05) is 6.61 Å². The van der Waals surface area contributed by atoms with Gasteiger partial charge in [-0.1, -0.05) is 19.3 Å². The zero-order valence-electron chi connectivity index (χ0n) is 9.72. The van der Waals surface area contributed by atoms with Gasteiger partial charge in [0.15, 0.2) is 12.4 Å². The van der Waals surface area contributed by atoms with Gasteiger partial charge in [0.1, 0.15) is 6.10 Å². The van der Waals surface area contributed by atoms with E-state index in [9.17, 15) is 4.79 Å². The average molecular weight is 225 g/mol. The minimum absolute atomic E-state index is 0.0839. The fourth-order valence-electron chi connectivity index (χ4n) is 2.58. The fraction of sp³-hybridized carbons (Fsp3) is 0.833. The SMILES string of the molecule is CCOC(=O)C1N=COC1C1CCCCC1. The van der Waals surface area contributed by atoms with E-state index in [1.807, 2.05) is 6.92 Å². The Balaban J connectivity index is 1.95. The standard InChI is InChI=1S/C12H19NO3/c1-2-15-12(14)10-11(16-8-13-10)9-6-4-3-5-7-9/h8-11H,2-7H2,1H3. The van der Waals surface area contributed by atoms with E-state index in [1.54, 1.807) is 0 Å². The third kappa shape index (κ3) is 2.36. The zero-order chi connectivity index (χ0) is 11.4. The number of ether oxygens (including phenoxy) is 2. The van der Waals surface area contributed by atoms with Gasteiger partial charge in [0.25, 0.3) is 0 Å². The summed E-state index contributed by atoms with van der Waals surface area (Å²) in [6.45, 7) is 2.22. The molecule has 0 bridgehead atoms. The largest absolute Gasteiger partial charge is 0.477 e. The maximum Gasteiger partial charge on any atom is 0.334 e. The lowest BCUT2D eigenvalue weighted by Gasteiger charge is -2.28. The molecule has 4 nitrogen and oxygen atoms in total. The smallest absolute Gasteiger partial charge is 0.334 e. The lowest BCUT2D eigenvalue weighted by atomic mass is 9.83. The Bertz CT molecular complexity index is 271. The number of carbonyl (C=O) groups is 1. The van der Waals surface area contributed by atoms with Crippen LogP contribution in [0.1, 0.15) is 39.0 Å². The summed E-state index contributed by atoms with van der Waals surface area (Å²) >= 11 is 0. The maximum atomic E-state index is 11.7. The molecule has 0 N–H and O–H groups in total. The second kappa shape index (κ2) is 5.32. The molecule has 90 valence electrons. The van der Waals surface area contributed by atoms with Crippen molar-refractivity contribution in [2.24, 2.45) is 10.9 Å². The molecule has 1 aliphatic heterocycles. The molecule has 2 aliphatic rings. The average Bonchev–Trinajstić information content (AvgIpc) is 2.79. The first-order valence-corrected chi connectivity index (χ1v) is 6.16. The van der Waals surface area contributed by atoms with Crippen LogP contribution in [0, 0.1) is 5.92 Å². The number of carbonyl (C=O) groups excluding carboxylic acids is 1. The Morgan fingerprint density at radius 1 is 1.44 bits per heavy atom. The van der Waals surface area contributed by atoms with Gasteiger partial charge in [0.05, 0.1) is 6.61 Å². The third-order valence-electron chi connectivity index (χ3n) is 3.39. The molecule has 0 aromatic rings. The molecule has 4 heteroatoms. The molecule has 2 atom stereocenters. The summed E-state index contributed by atoms with van der Waals surface area (Å²) in [5.74, 6) is 0.220. The normalized spacial score (nSPS) is 30.1. The van der Waals surface area contributed by atoms with Gasteiger partial charge < -0.3 is 9.47 Å². The maximum absolute atomic E-state index is 11.7. The van der Waals surface area contributed by atoms with Crippen molar-refractivity contribution in [3.05, 3.63) is 0 Å². The van der Waals surface area contributed by atoms with Gasteiger partial charge in [0.2, 0.25) is 0 Å². The fourth-order valence-corrected chi connectivity index (χ4v) is 2.58. The van der Waals surface area contributed by atoms with Crippen molar-refractivity contribution >= 4 is 12.4 Å². The summed E-state index contributed by atoms with van der Waals surface area (Å²) in [5, 5.41) is 0. The molecule has 2 unspecified atom stereocenters. The predicted molar refractivity (Wildman–Crippen MR) is 60.4 cm³/mol. The minimum Gasteiger partial charge on any atom is -0.477 e. The second-order valence-electron chi connectivity index (χ2n) is 4.45. The van der Waals surface area contributed by atoms with E-state index in [0.717, 1.165) is 12.8 Å². The van der Waals surface area contributed by atoms with E-state index in [2.05, 4.69) is 4.99 Å². The number of nitrogens with zero attached hydrogens (tertiary/aromatic N) is 1. The van der Waals surface area contributed by atoms with E-state index >= 15 is 0 Å². The summed E-state index contributed by atoms with van der Waals surface area (Å²) in [5.41, 5.74) is 0. The van der Waals surface area contributed by atoms with E-state index in [-0.39, 0.29) is 12.1 Å². The molecule has 0 amide bonds. The Morgan fingerprint density at radius 3 is 2.88 bits per heavy atom. The quantitative estimate of drug-likeness (QED) is 0.689. The molecule has 0 aromatic carbocycles. The van der Waals surface area contributed by atoms with Crippen LogP contribution >= 0.6 is 0 Å². The van der Waals surface area contributed by atoms with Crippen molar-refractivity contribution in [3.8, 4) is 0 Å². The molecule has 1 fully saturated rings. The van der Waals surface area contributed by atoms with E-state index in [1.165, 1.54) is 25.7 Å². The van der Waals surface area contributed by atoms with Crippen molar-refractivity contribution in [3.63, 3.8) is 0 Å².